The number of ketones is 1. The second-order valence-corrected chi connectivity index (χ2v) is 4.75. The SMILES string of the molecule is CCOC(=O)CCC(=O)CN1CCC(CCO)C1. The fraction of sp³-hybridized carbons (Fsp3) is 0.846. The Morgan fingerprint density at radius 2 is 2.17 bits per heavy atom. The summed E-state index contributed by atoms with van der Waals surface area (Å²) in [4.78, 5) is 24.9. The molecule has 1 saturated heterocycles. The number of aliphatic hydroxyl groups excluding tert-OH is 1. The zero-order valence-corrected chi connectivity index (χ0v) is 11.1. The van der Waals surface area contributed by atoms with Crippen LogP contribution in [0.15, 0.2) is 0 Å². The van der Waals surface area contributed by atoms with E-state index in [4.69, 9.17) is 9.84 Å². The van der Waals surface area contributed by atoms with Crippen molar-refractivity contribution in [1.82, 2.24) is 4.90 Å². The van der Waals surface area contributed by atoms with Crippen molar-refractivity contribution in [3.05, 3.63) is 0 Å². The van der Waals surface area contributed by atoms with Gasteiger partial charge in [-0.3, -0.25) is 14.5 Å². The Kier molecular flexibility index (Phi) is 6.90. The summed E-state index contributed by atoms with van der Waals surface area (Å²) >= 11 is 0. The van der Waals surface area contributed by atoms with Gasteiger partial charge >= 0.3 is 5.97 Å². The molecule has 0 radical (unpaired) electrons. The molecule has 0 spiro atoms. The van der Waals surface area contributed by atoms with Crippen molar-refractivity contribution in [2.45, 2.75) is 32.6 Å². The molecule has 0 amide bonds. The van der Waals surface area contributed by atoms with E-state index in [1.807, 2.05) is 0 Å². The Balaban J connectivity index is 2.15. The first-order valence-corrected chi connectivity index (χ1v) is 6.66. The summed E-state index contributed by atoms with van der Waals surface area (Å²) in [5.74, 6) is 0.297. The second-order valence-electron chi connectivity index (χ2n) is 4.75. The van der Waals surface area contributed by atoms with Crippen LogP contribution < -0.4 is 0 Å². The van der Waals surface area contributed by atoms with Crippen molar-refractivity contribution in [2.75, 3.05) is 32.8 Å². The number of esters is 1. The molecule has 0 aromatic heterocycles. The number of hydrogen-bond donors (Lipinski definition) is 1. The number of ether oxygens (including phenoxy) is 1. The van der Waals surface area contributed by atoms with Gasteiger partial charge in [0.1, 0.15) is 5.78 Å². The lowest BCUT2D eigenvalue weighted by molar-refractivity contribution is -0.144. The minimum absolute atomic E-state index is 0.0905. The minimum atomic E-state index is -0.301. The van der Waals surface area contributed by atoms with Gasteiger partial charge in [0.25, 0.3) is 0 Å². The molecule has 1 aliphatic heterocycles. The van der Waals surface area contributed by atoms with Crippen molar-refractivity contribution >= 4 is 11.8 Å². The number of likely N-dealkylation sites (tertiary alicyclic amines) is 1. The normalized spacial score (nSPS) is 20.0. The average molecular weight is 257 g/mol. The van der Waals surface area contributed by atoms with Gasteiger partial charge in [-0.1, -0.05) is 0 Å². The third kappa shape index (κ3) is 5.60. The molecular weight excluding hydrogens is 234 g/mol. The largest absolute Gasteiger partial charge is 0.466 e. The molecule has 0 aliphatic carbocycles. The summed E-state index contributed by atoms with van der Waals surface area (Å²) in [6.07, 6.45) is 2.31. The highest BCUT2D eigenvalue weighted by molar-refractivity contribution is 5.84. The van der Waals surface area contributed by atoms with Gasteiger partial charge < -0.3 is 9.84 Å². The molecule has 18 heavy (non-hydrogen) atoms. The number of carbonyl (C=O) groups excluding carboxylic acids is 2. The molecule has 1 atom stereocenters. The Morgan fingerprint density at radius 1 is 1.39 bits per heavy atom. The topological polar surface area (TPSA) is 66.8 Å². The van der Waals surface area contributed by atoms with Crippen LogP contribution in [0.2, 0.25) is 0 Å². The number of Topliss-reactive ketones (excluding diaryl/α,β-unsaturated/α-hetero) is 1. The predicted molar refractivity (Wildman–Crippen MR) is 67.1 cm³/mol. The molecule has 104 valence electrons. The van der Waals surface area contributed by atoms with E-state index >= 15 is 0 Å². The van der Waals surface area contributed by atoms with E-state index in [2.05, 4.69) is 4.90 Å². The summed E-state index contributed by atoms with van der Waals surface area (Å²) in [5, 5.41) is 8.85. The highest BCUT2D eigenvalue weighted by Gasteiger charge is 2.23. The van der Waals surface area contributed by atoms with Gasteiger partial charge in [-0.2, -0.15) is 0 Å². The summed E-state index contributed by atoms with van der Waals surface area (Å²) in [6.45, 7) is 4.55. The maximum absolute atomic E-state index is 11.7. The average Bonchev–Trinajstić information content (AvgIpc) is 2.75. The first-order chi connectivity index (χ1) is 8.65. The smallest absolute Gasteiger partial charge is 0.306 e. The van der Waals surface area contributed by atoms with Crippen LogP contribution in [0.25, 0.3) is 0 Å². The molecule has 0 saturated carbocycles. The van der Waals surface area contributed by atoms with Crippen LogP contribution in [0.1, 0.15) is 32.6 Å². The van der Waals surface area contributed by atoms with E-state index < -0.39 is 0 Å². The van der Waals surface area contributed by atoms with E-state index in [1.165, 1.54) is 0 Å². The van der Waals surface area contributed by atoms with Crippen molar-refractivity contribution < 1.29 is 19.4 Å². The van der Waals surface area contributed by atoms with Gasteiger partial charge in [0, 0.05) is 19.6 Å². The highest BCUT2D eigenvalue weighted by atomic mass is 16.5. The van der Waals surface area contributed by atoms with Crippen LogP contribution in [-0.2, 0) is 14.3 Å². The number of aliphatic hydroxyl groups is 1. The van der Waals surface area contributed by atoms with E-state index in [1.54, 1.807) is 6.92 Å². The molecular formula is C13H23NO4. The molecule has 1 N–H and O–H groups in total. The van der Waals surface area contributed by atoms with Crippen molar-refractivity contribution in [2.24, 2.45) is 5.92 Å². The van der Waals surface area contributed by atoms with Gasteiger partial charge in [0.05, 0.1) is 19.6 Å². The summed E-state index contributed by atoms with van der Waals surface area (Å²) in [5.41, 5.74) is 0. The zero-order valence-electron chi connectivity index (χ0n) is 11.1. The minimum Gasteiger partial charge on any atom is -0.466 e. The predicted octanol–water partition coefficient (Wildman–Crippen LogP) is 0.603. The van der Waals surface area contributed by atoms with Crippen molar-refractivity contribution in [1.29, 1.82) is 0 Å². The highest BCUT2D eigenvalue weighted by Crippen LogP contribution is 2.18. The fourth-order valence-corrected chi connectivity index (χ4v) is 2.28. The molecule has 1 heterocycles. The third-order valence-electron chi connectivity index (χ3n) is 3.22. The molecule has 0 aromatic carbocycles. The summed E-state index contributed by atoms with van der Waals surface area (Å²) in [7, 11) is 0. The van der Waals surface area contributed by atoms with Crippen LogP contribution in [0.4, 0.5) is 0 Å². The van der Waals surface area contributed by atoms with Crippen LogP contribution in [-0.4, -0.2) is 54.6 Å². The summed E-state index contributed by atoms with van der Waals surface area (Å²) in [6, 6.07) is 0. The molecule has 5 heteroatoms. The lowest BCUT2D eigenvalue weighted by Gasteiger charge is -2.14. The standard InChI is InChI=1S/C13H23NO4/c1-2-18-13(17)4-3-12(16)10-14-7-5-11(9-14)6-8-15/h11,15H,2-10H2,1H3. The molecule has 0 aromatic rings. The quantitative estimate of drug-likeness (QED) is 0.645. The maximum Gasteiger partial charge on any atom is 0.306 e. The number of carbonyl (C=O) groups is 2. The maximum atomic E-state index is 11.7. The number of rotatable bonds is 8. The summed E-state index contributed by atoms with van der Waals surface area (Å²) < 4.78 is 4.78. The lowest BCUT2D eigenvalue weighted by atomic mass is 10.1. The molecule has 1 unspecified atom stereocenters. The van der Waals surface area contributed by atoms with Gasteiger partial charge in [-0.15, -0.1) is 0 Å². The second kappa shape index (κ2) is 8.21. The zero-order chi connectivity index (χ0) is 13.4. The molecule has 0 bridgehead atoms. The Hall–Kier alpha value is -0.940. The van der Waals surface area contributed by atoms with E-state index in [0.717, 1.165) is 25.9 Å². The van der Waals surface area contributed by atoms with Crippen molar-refractivity contribution in [3.8, 4) is 0 Å². The van der Waals surface area contributed by atoms with Gasteiger partial charge in [0.15, 0.2) is 0 Å². The monoisotopic (exact) mass is 257 g/mol. The molecule has 1 fully saturated rings. The van der Waals surface area contributed by atoms with Crippen LogP contribution in [0.5, 0.6) is 0 Å². The van der Waals surface area contributed by atoms with Crippen LogP contribution >= 0.6 is 0 Å². The Bertz CT molecular complexity index is 280. The molecule has 1 rings (SSSR count). The molecule has 5 nitrogen and oxygen atoms in total. The number of nitrogens with zero attached hydrogens (tertiary/aromatic N) is 1. The Morgan fingerprint density at radius 3 is 2.83 bits per heavy atom. The van der Waals surface area contributed by atoms with Gasteiger partial charge in [-0.25, -0.2) is 0 Å². The first kappa shape index (κ1) is 15.1. The van der Waals surface area contributed by atoms with Crippen LogP contribution in [0, 0.1) is 5.92 Å². The van der Waals surface area contributed by atoms with Gasteiger partial charge in [0.2, 0.25) is 0 Å². The lowest BCUT2D eigenvalue weighted by Crippen LogP contribution is -2.28. The van der Waals surface area contributed by atoms with Crippen LogP contribution in [0.3, 0.4) is 0 Å². The van der Waals surface area contributed by atoms with E-state index in [0.29, 0.717) is 19.1 Å². The first-order valence-electron chi connectivity index (χ1n) is 6.66. The Labute approximate surface area is 108 Å². The number of hydrogen-bond acceptors (Lipinski definition) is 5. The fourth-order valence-electron chi connectivity index (χ4n) is 2.28. The molecule has 1 aliphatic rings. The van der Waals surface area contributed by atoms with E-state index in [9.17, 15) is 9.59 Å². The van der Waals surface area contributed by atoms with Crippen molar-refractivity contribution in [3.63, 3.8) is 0 Å². The van der Waals surface area contributed by atoms with E-state index in [-0.39, 0.29) is 31.2 Å². The van der Waals surface area contributed by atoms with Gasteiger partial charge in [-0.05, 0) is 32.2 Å². The third-order valence-corrected chi connectivity index (χ3v) is 3.22.